The molecule has 2 aromatic rings. The fourth-order valence-electron chi connectivity index (χ4n) is 5.45. The van der Waals surface area contributed by atoms with Gasteiger partial charge in [-0.05, 0) is 47.4 Å². The number of carbonyl (C=O) groups excluding carboxylic acids is 2. The van der Waals surface area contributed by atoms with E-state index in [2.05, 4.69) is 29.1 Å². The standard InChI is InChI=1S/C28H37Cl2N5O3/c1-28(2,9-8-19-6-4-3-5-7-19)21-14-23(24(36)15-22(21)29)31-18-25(37)34-10-12-35(13-11-34)26(38)20-16-32-27(30)33-17-20/h14-17,19,31,36H,3-13,18H2,1-2H3. The number of piperazine rings is 1. The number of aromatic nitrogens is 2. The van der Waals surface area contributed by atoms with Gasteiger partial charge in [0.25, 0.3) is 5.91 Å². The molecule has 0 spiro atoms. The molecule has 38 heavy (non-hydrogen) atoms. The van der Waals surface area contributed by atoms with Crippen LogP contribution in [0.15, 0.2) is 24.5 Å². The molecule has 1 saturated carbocycles. The number of anilines is 1. The summed E-state index contributed by atoms with van der Waals surface area (Å²) < 4.78 is 0. The molecule has 2 fully saturated rings. The predicted octanol–water partition coefficient (Wildman–Crippen LogP) is 5.52. The lowest BCUT2D eigenvalue weighted by atomic mass is 9.76. The number of halogens is 2. The van der Waals surface area contributed by atoms with Crippen molar-refractivity contribution in [3.05, 3.63) is 46.0 Å². The monoisotopic (exact) mass is 561 g/mol. The molecule has 2 amide bonds. The molecule has 0 radical (unpaired) electrons. The molecule has 8 nitrogen and oxygen atoms in total. The summed E-state index contributed by atoms with van der Waals surface area (Å²) >= 11 is 12.3. The molecule has 1 aliphatic heterocycles. The maximum absolute atomic E-state index is 12.9. The van der Waals surface area contributed by atoms with Gasteiger partial charge in [0.2, 0.25) is 11.2 Å². The van der Waals surface area contributed by atoms with Gasteiger partial charge in [-0.15, -0.1) is 0 Å². The second-order valence-corrected chi connectivity index (χ2v) is 11.8. The molecule has 1 aromatic carbocycles. The molecule has 2 heterocycles. The minimum Gasteiger partial charge on any atom is -0.506 e. The number of amides is 2. The number of aromatic hydroxyl groups is 1. The number of phenolic OH excluding ortho intramolecular Hbond substituents is 1. The molecular formula is C28H37Cl2N5O3. The minimum absolute atomic E-state index is 0.0234. The average molecular weight is 563 g/mol. The van der Waals surface area contributed by atoms with Gasteiger partial charge in [-0.3, -0.25) is 9.59 Å². The largest absolute Gasteiger partial charge is 0.506 e. The van der Waals surface area contributed by atoms with Crippen LogP contribution >= 0.6 is 23.2 Å². The van der Waals surface area contributed by atoms with Gasteiger partial charge in [0.15, 0.2) is 0 Å². The summed E-state index contributed by atoms with van der Waals surface area (Å²) in [6.07, 6.45) is 11.6. The summed E-state index contributed by atoms with van der Waals surface area (Å²) in [4.78, 5) is 36.7. The number of carbonyl (C=O) groups is 2. The lowest BCUT2D eigenvalue weighted by molar-refractivity contribution is -0.130. The molecule has 0 bridgehead atoms. The van der Waals surface area contributed by atoms with E-state index in [-0.39, 0.29) is 34.8 Å². The molecule has 2 N–H and O–H groups in total. The van der Waals surface area contributed by atoms with Crippen LogP contribution in [-0.2, 0) is 10.2 Å². The number of phenols is 1. The Morgan fingerprint density at radius 2 is 1.66 bits per heavy atom. The minimum atomic E-state index is -0.184. The molecule has 4 rings (SSSR count). The van der Waals surface area contributed by atoms with Gasteiger partial charge in [-0.1, -0.05) is 57.6 Å². The molecule has 206 valence electrons. The maximum atomic E-state index is 12.9. The Kier molecular flexibility index (Phi) is 9.36. The summed E-state index contributed by atoms with van der Waals surface area (Å²) in [5.41, 5.74) is 1.69. The Morgan fingerprint density at radius 1 is 1.03 bits per heavy atom. The Labute approximate surface area is 234 Å². The van der Waals surface area contributed by atoms with Gasteiger partial charge in [0, 0.05) is 49.7 Å². The van der Waals surface area contributed by atoms with Crippen molar-refractivity contribution in [3.8, 4) is 5.75 Å². The van der Waals surface area contributed by atoms with Gasteiger partial charge in [-0.2, -0.15) is 0 Å². The van der Waals surface area contributed by atoms with Crippen molar-refractivity contribution in [2.24, 2.45) is 5.92 Å². The first kappa shape index (κ1) is 28.4. The van der Waals surface area contributed by atoms with Crippen molar-refractivity contribution < 1.29 is 14.7 Å². The van der Waals surface area contributed by atoms with Crippen LogP contribution in [-0.4, -0.2) is 69.4 Å². The quantitative estimate of drug-likeness (QED) is 0.325. The Balaban J connectivity index is 1.31. The average Bonchev–Trinajstić information content (AvgIpc) is 2.92. The highest BCUT2D eigenvalue weighted by atomic mass is 35.5. The van der Waals surface area contributed by atoms with Crippen LogP contribution in [0.25, 0.3) is 0 Å². The Bertz CT molecular complexity index is 1130. The van der Waals surface area contributed by atoms with E-state index in [1.807, 2.05) is 6.07 Å². The zero-order chi connectivity index (χ0) is 27.3. The first-order valence-corrected chi connectivity index (χ1v) is 14.2. The first-order chi connectivity index (χ1) is 18.1. The molecular weight excluding hydrogens is 525 g/mol. The number of hydrogen-bond donors (Lipinski definition) is 2. The SMILES string of the molecule is CC(C)(CCC1CCCCC1)c1cc(NCC(=O)N2CCN(C(=O)c3cnc(Cl)nc3)CC2)c(O)cc1Cl. The van der Waals surface area contributed by atoms with Gasteiger partial charge < -0.3 is 20.2 Å². The first-order valence-electron chi connectivity index (χ1n) is 13.5. The van der Waals surface area contributed by atoms with Crippen molar-refractivity contribution in [2.75, 3.05) is 38.0 Å². The van der Waals surface area contributed by atoms with Crippen LogP contribution in [0.1, 0.15) is 74.7 Å². The normalized spacial score (nSPS) is 16.9. The van der Waals surface area contributed by atoms with E-state index in [9.17, 15) is 14.7 Å². The third-order valence-electron chi connectivity index (χ3n) is 7.93. The van der Waals surface area contributed by atoms with E-state index in [0.717, 1.165) is 17.9 Å². The van der Waals surface area contributed by atoms with E-state index in [1.165, 1.54) is 50.9 Å². The number of nitrogens with one attached hydrogen (secondary N) is 1. The summed E-state index contributed by atoms with van der Waals surface area (Å²) in [5, 5.41) is 14.3. The number of rotatable bonds is 8. The van der Waals surface area contributed by atoms with E-state index in [0.29, 0.717) is 42.5 Å². The molecule has 2 aliphatic rings. The smallest absolute Gasteiger partial charge is 0.257 e. The third kappa shape index (κ3) is 7.08. The van der Waals surface area contributed by atoms with Gasteiger partial charge in [0.05, 0.1) is 17.8 Å². The molecule has 0 atom stereocenters. The van der Waals surface area contributed by atoms with Crippen molar-refractivity contribution in [1.82, 2.24) is 19.8 Å². The van der Waals surface area contributed by atoms with Crippen LogP contribution in [0.3, 0.4) is 0 Å². The Hall–Kier alpha value is -2.58. The zero-order valence-corrected chi connectivity index (χ0v) is 23.7. The Morgan fingerprint density at radius 3 is 2.32 bits per heavy atom. The fraction of sp³-hybridized carbons (Fsp3) is 0.571. The van der Waals surface area contributed by atoms with Crippen LogP contribution in [0.4, 0.5) is 5.69 Å². The summed E-state index contributed by atoms with van der Waals surface area (Å²) in [5.74, 6) is 0.524. The number of benzene rings is 1. The van der Waals surface area contributed by atoms with Crippen molar-refractivity contribution in [3.63, 3.8) is 0 Å². The van der Waals surface area contributed by atoms with Crippen LogP contribution in [0.2, 0.25) is 10.3 Å². The second kappa shape index (κ2) is 12.5. The highest BCUT2D eigenvalue weighted by Gasteiger charge is 2.28. The second-order valence-electron chi connectivity index (χ2n) is 11.0. The van der Waals surface area contributed by atoms with E-state index >= 15 is 0 Å². The van der Waals surface area contributed by atoms with Crippen molar-refractivity contribution in [1.29, 1.82) is 0 Å². The topological polar surface area (TPSA) is 98.7 Å². The molecule has 10 heteroatoms. The summed E-state index contributed by atoms with van der Waals surface area (Å²) in [6.45, 7) is 6.10. The van der Waals surface area contributed by atoms with Crippen LogP contribution in [0.5, 0.6) is 5.75 Å². The highest BCUT2D eigenvalue weighted by Crippen LogP contribution is 2.41. The number of hydrogen-bond acceptors (Lipinski definition) is 6. The van der Waals surface area contributed by atoms with Crippen molar-refractivity contribution in [2.45, 2.75) is 64.2 Å². The van der Waals surface area contributed by atoms with Crippen LogP contribution < -0.4 is 5.32 Å². The van der Waals surface area contributed by atoms with Gasteiger partial charge in [-0.25, -0.2) is 9.97 Å². The molecule has 1 aromatic heterocycles. The maximum Gasteiger partial charge on any atom is 0.257 e. The zero-order valence-electron chi connectivity index (χ0n) is 22.2. The van der Waals surface area contributed by atoms with E-state index in [4.69, 9.17) is 23.2 Å². The van der Waals surface area contributed by atoms with E-state index in [1.54, 1.807) is 15.9 Å². The van der Waals surface area contributed by atoms with Crippen molar-refractivity contribution >= 4 is 40.7 Å². The van der Waals surface area contributed by atoms with Gasteiger partial charge >= 0.3 is 0 Å². The number of nitrogens with zero attached hydrogens (tertiary/aromatic N) is 4. The lowest BCUT2D eigenvalue weighted by Crippen LogP contribution is -2.51. The summed E-state index contributed by atoms with van der Waals surface area (Å²) in [7, 11) is 0. The highest BCUT2D eigenvalue weighted by molar-refractivity contribution is 6.31. The lowest BCUT2D eigenvalue weighted by Gasteiger charge is -2.35. The van der Waals surface area contributed by atoms with Gasteiger partial charge in [0.1, 0.15) is 5.75 Å². The van der Waals surface area contributed by atoms with Crippen LogP contribution in [0, 0.1) is 5.92 Å². The third-order valence-corrected chi connectivity index (χ3v) is 8.44. The molecule has 0 unspecified atom stereocenters. The van der Waals surface area contributed by atoms with E-state index < -0.39 is 0 Å². The fourth-order valence-corrected chi connectivity index (χ4v) is 5.96. The molecule has 1 aliphatic carbocycles. The predicted molar refractivity (Wildman–Crippen MR) is 150 cm³/mol. The summed E-state index contributed by atoms with van der Waals surface area (Å²) in [6, 6.07) is 3.45. The molecule has 1 saturated heterocycles.